The van der Waals surface area contributed by atoms with Crippen LogP contribution in [0.1, 0.15) is 42.5 Å². The molecule has 1 aromatic rings. The zero-order valence-corrected chi connectivity index (χ0v) is 13.8. The Morgan fingerprint density at radius 2 is 2.26 bits per heavy atom. The Balaban J connectivity index is 1.73. The molecule has 1 heterocycles. The first-order valence-electron chi connectivity index (χ1n) is 7.92. The minimum absolute atomic E-state index is 0.0383. The highest BCUT2D eigenvalue weighted by atomic mass is 35.5. The molecule has 1 aliphatic heterocycles. The number of carbonyl (C=O) groups excluding carboxylic acids is 2. The SMILES string of the molecule is CN1C(=O)CC[C@]2(CNC(=O)c3cc(Cl)ccc3F)CCC[C@@H]12. The third-order valence-electron chi connectivity index (χ3n) is 5.33. The van der Waals surface area contributed by atoms with Crippen molar-refractivity contribution in [1.29, 1.82) is 0 Å². The predicted octanol–water partition coefficient (Wildman–Crippen LogP) is 3.00. The molecule has 1 aromatic carbocycles. The lowest BCUT2D eigenvalue weighted by atomic mass is 9.74. The summed E-state index contributed by atoms with van der Waals surface area (Å²) in [6, 6.07) is 4.11. The van der Waals surface area contributed by atoms with Crippen LogP contribution in [0.5, 0.6) is 0 Å². The van der Waals surface area contributed by atoms with Crippen LogP contribution in [0.2, 0.25) is 5.02 Å². The molecule has 2 aliphatic rings. The summed E-state index contributed by atoms with van der Waals surface area (Å²) in [5.74, 6) is -0.868. The predicted molar refractivity (Wildman–Crippen MR) is 85.8 cm³/mol. The van der Waals surface area contributed by atoms with Gasteiger partial charge in [-0.15, -0.1) is 0 Å². The van der Waals surface area contributed by atoms with E-state index in [1.54, 1.807) is 0 Å². The Labute approximate surface area is 140 Å². The summed E-state index contributed by atoms with van der Waals surface area (Å²) >= 11 is 5.84. The summed E-state index contributed by atoms with van der Waals surface area (Å²) in [6.45, 7) is 0.458. The summed E-state index contributed by atoms with van der Waals surface area (Å²) in [6.07, 6.45) is 4.27. The van der Waals surface area contributed by atoms with E-state index in [4.69, 9.17) is 11.6 Å². The Hall–Kier alpha value is -1.62. The summed E-state index contributed by atoms with van der Waals surface area (Å²) in [5, 5.41) is 3.19. The van der Waals surface area contributed by atoms with Gasteiger partial charge in [0.05, 0.1) is 5.56 Å². The van der Waals surface area contributed by atoms with Crippen molar-refractivity contribution in [1.82, 2.24) is 10.2 Å². The van der Waals surface area contributed by atoms with Crippen LogP contribution in [-0.4, -0.2) is 36.3 Å². The van der Waals surface area contributed by atoms with Crippen LogP contribution in [0.4, 0.5) is 4.39 Å². The van der Waals surface area contributed by atoms with E-state index in [1.165, 1.54) is 18.2 Å². The molecule has 124 valence electrons. The number of benzene rings is 1. The number of hydrogen-bond donors (Lipinski definition) is 1. The molecule has 1 N–H and O–H groups in total. The molecule has 2 atom stereocenters. The fourth-order valence-electron chi connectivity index (χ4n) is 4.04. The monoisotopic (exact) mass is 338 g/mol. The summed E-state index contributed by atoms with van der Waals surface area (Å²) in [4.78, 5) is 26.0. The summed E-state index contributed by atoms with van der Waals surface area (Å²) < 4.78 is 13.8. The molecule has 2 amide bonds. The molecule has 1 saturated carbocycles. The number of rotatable bonds is 3. The molecule has 6 heteroatoms. The van der Waals surface area contributed by atoms with E-state index in [0.717, 1.165) is 25.7 Å². The van der Waals surface area contributed by atoms with Crippen molar-refractivity contribution in [2.75, 3.05) is 13.6 Å². The molecule has 1 aliphatic carbocycles. The van der Waals surface area contributed by atoms with Gasteiger partial charge in [0.2, 0.25) is 5.91 Å². The Morgan fingerprint density at radius 3 is 3.04 bits per heavy atom. The molecule has 0 spiro atoms. The fourth-order valence-corrected chi connectivity index (χ4v) is 4.21. The average Bonchev–Trinajstić information content (AvgIpc) is 2.96. The molecule has 0 unspecified atom stereocenters. The lowest BCUT2D eigenvalue weighted by molar-refractivity contribution is -0.139. The fraction of sp³-hybridized carbons (Fsp3) is 0.529. The van der Waals surface area contributed by atoms with Gasteiger partial charge in [-0.3, -0.25) is 9.59 Å². The lowest BCUT2D eigenvalue weighted by Crippen LogP contribution is -2.54. The minimum Gasteiger partial charge on any atom is -0.351 e. The van der Waals surface area contributed by atoms with Gasteiger partial charge in [-0.2, -0.15) is 0 Å². The summed E-state index contributed by atoms with van der Waals surface area (Å²) in [5.41, 5.74) is -0.128. The van der Waals surface area contributed by atoms with E-state index in [-0.39, 0.29) is 22.9 Å². The molecular formula is C17H20ClFN2O2. The van der Waals surface area contributed by atoms with Gasteiger partial charge < -0.3 is 10.2 Å². The van der Waals surface area contributed by atoms with Gasteiger partial charge >= 0.3 is 0 Å². The van der Waals surface area contributed by atoms with Gasteiger partial charge in [-0.25, -0.2) is 4.39 Å². The highest BCUT2D eigenvalue weighted by Gasteiger charge is 2.49. The normalized spacial score (nSPS) is 27.0. The maximum absolute atomic E-state index is 13.8. The second-order valence-electron chi connectivity index (χ2n) is 6.58. The van der Waals surface area contributed by atoms with Crippen molar-refractivity contribution in [3.8, 4) is 0 Å². The summed E-state index contributed by atoms with van der Waals surface area (Å²) in [7, 11) is 1.84. The number of halogens is 2. The highest BCUT2D eigenvalue weighted by molar-refractivity contribution is 6.31. The highest BCUT2D eigenvalue weighted by Crippen LogP contribution is 2.47. The van der Waals surface area contributed by atoms with Gasteiger partial charge in [0.15, 0.2) is 0 Å². The van der Waals surface area contributed by atoms with Gasteiger partial charge in [-0.1, -0.05) is 18.0 Å². The van der Waals surface area contributed by atoms with E-state index in [0.29, 0.717) is 18.0 Å². The van der Waals surface area contributed by atoms with Crippen molar-refractivity contribution < 1.29 is 14.0 Å². The third-order valence-corrected chi connectivity index (χ3v) is 5.57. The number of likely N-dealkylation sites (tertiary alicyclic amines) is 1. The van der Waals surface area contributed by atoms with Crippen LogP contribution in [0.3, 0.4) is 0 Å². The molecule has 0 bridgehead atoms. The number of nitrogens with one attached hydrogen (secondary N) is 1. The third kappa shape index (κ3) is 2.94. The molecule has 1 saturated heterocycles. The smallest absolute Gasteiger partial charge is 0.254 e. The van der Waals surface area contributed by atoms with E-state index >= 15 is 0 Å². The number of nitrogens with zero attached hydrogens (tertiary/aromatic N) is 1. The topological polar surface area (TPSA) is 49.4 Å². The quantitative estimate of drug-likeness (QED) is 0.921. The van der Waals surface area contributed by atoms with Crippen molar-refractivity contribution in [3.05, 3.63) is 34.6 Å². The number of amides is 2. The maximum Gasteiger partial charge on any atom is 0.254 e. The first kappa shape index (κ1) is 16.2. The van der Waals surface area contributed by atoms with Crippen molar-refractivity contribution in [3.63, 3.8) is 0 Å². The molecule has 0 radical (unpaired) electrons. The molecular weight excluding hydrogens is 319 g/mol. The van der Waals surface area contributed by atoms with Crippen LogP contribution in [-0.2, 0) is 4.79 Å². The standard InChI is InChI=1S/C17H20ClFN2O2/c1-21-14-3-2-7-17(14,8-6-15(21)22)10-20-16(23)12-9-11(18)4-5-13(12)19/h4-5,9,14H,2-3,6-8,10H2,1H3,(H,20,23)/t14-,17+/m1/s1. The zero-order valence-electron chi connectivity index (χ0n) is 13.1. The molecule has 4 nitrogen and oxygen atoms in total. The lowest BCUT2D eigenvalue weighted by Gasteiger charge is -2.44. The van der Waals surface area contributed by atoms with Gasteiger partial charge in [0.1, 0.15) is 5.82 Å². The van der Waals surface area contributed by atoms with E-state index in [9.17, 15) is 14.0 Å². The Bertz CT molecular complexity index is 651. The number of piperidine rings is 1. The van der Waals surface area contributed by atoms with Crippen LogP contribution in [0.15, 0.2) is 18.2 Å². The minimum atomic E-state index is -0.580. The number of hydrogen-bond acceptors (Lipinski definition) is 2. The number of fused-ring (bicyclic) bond motifs is 1. The van der Waals surface area contributed by atoms with E-state index in [2.05, 4.69) is 5.32 Å². The van der Waals surface area contributed by atoms with Gasteiger partial charge in [0, 0.05) is 36.5 Å². The van der Waals surface area contributed by atoms with E-state index in [1.807, 2.05) is 11.9 Å². The molecule has 0 aromatic heterocycles. The van der Waals surface area contributed by atoms with Crippen LogP contribution in [0.25, 0.3) is 0 Å². The second-order valence-corrected chi connectivity index (χ2v) is 7.02. The zero-order chi connectivity index (χ0) is 16.6. The first-order chi connectivity index (χ1) is 10.9. The van der Waals surface area contributed by atoms with Crippen molar-refractivity contribution in [2.24, 2.45) is 5.41 Å². The Kier molecular flexibility index (Phi) is 4.32. The molecule has 2 fully saturated rings. The van der Waals surface area contributed by atoms with Crippen LogP contribution < -0.4 is 5.32 Å². The molecule has 3 rings (SSSR count). The second kappa shape index (κ2) is 6.11. The van der Waals surface area contributed by atoms with Crippen LogP contribution in [0, 0.1) is 11.2 Å². The van der Waals surface area contributed by atoms with Crippen molar-refractivity contribution in [2.45, 2.75) is 38.1 Å². The van der Waals surface area contributed by atoms with Crippen molar-refractivity contribution >= 4 is 23.4 Å². The van der Waals surface area contributed by atoms with Gasteiger partial charge in [-0.05, 0) is 37.5 Å². The van der Waals surface area contributed by atoms with Gasteiger partial charge in [0.25, 0.3) is 5.91 Å². The first-order valence-corrected chi connectivity index (χ1v) is 8.30. The largest absolute Gasteiger partial charge is 0.351 e. The Morgan fingerprint density at radius 1 is 1.48 bits per heavy atom. The van der Waals surface area contributed by atoms with Crippen LogP contribution >= 0.6 is 11.6 Å². The molecule has 23 heavy (non-hydrogen) atoms. The number of carbonyl (C=O) groups is 2. The maximum atomic E-state index is 13.8. The van der Waals surface area contributed by atoms with E-state index < -0.39 is 11.7 Å². The average molecular weight is 339 g/mol.